The molecule has 0 saturated carbocycles. The van der Waals surface area contributed by atoms with Crippen molar-refractivity contribution in [3.8, 4) is 0 Å². The van der Waals surface area contributed by atoms with Crippen LogP contribution in [0.3, 0.4) is 0 Å². The third-order valence-corrected chi connectivity index (χ3v) is 8.69. The predicted octanol–water partition coefficient (Wildman–Crippen LogP) is 3.70. The van der Waals surface area contributed by atoms with E-state index in [1.54, 1.807) is 29.3 Å². The molecule has 2 aromatic heterocycles. The van der Waals surface area contributed by atoms with Crippen molar-refractivity contribution in [2.45, 2.75) is 58.4 Å². The first-order valence-electron chi connectivity index (χ1n) is 10.9. The van der Waals surface area contributed by atoms with Gasteiger partial charge in [-0.2, -0.15) is 13.5 Å². The largest absolute Gasteiger partial charge is 0.334 e. The molecule has 2 N–H and O–H groups in total. The predicted molar refractivity (Wildman–Crippen MR) is 130 cm³/mol. The SMILES string of the molecule is CC(C)c1cc(NC(=O)NS(=O)(=O)N(c2cnn(C)c2)C2CCCN(C)C2)c(C(C)C)s1. The Morgan fingerprint density at radius 3 is 2.53 bits per heavy atom. The quantitative estimate of drug-likeness (QED) is 0.627. The average Bonchev–Trinajstić information content (AvgIpc) is 3.27. The van der Waals surface area contributed by atoms with E-state index in [0.717, 1.165) is 22.7 Å². The Kier molecular flexibility index (Phi) is 7.51. The molecule has 0 bridgehead atoms. The van der Waals surface area contributed by atoms with Crippen LogP contribution in [0.15, 0.2) is 18.5 Å². The van der Waals surface area contributed by atoms with Crippen LogP contribution in [0.25, 0.3) is 0 Å². The molecule has 1 aliphatic rings. The topological polar surface area (TPSA) is 99.6 Å². The Hall–Kier alpha value is -2.11. The standard InChI is InChI=1S/C21H34N6O3S2/c1-14(2)19-10-18(20(31-19)15(3)4)23-21(28)24-32(29,30)27(17-11-22-26(6)13-17)16-8-7-9-25(5)12-16/h10-11,13-16H,7-9,12H2,1-6H3,(H2,23,24,28). The molecule has 9 nitrogen and oxygen atoms in total. The summed E-state index contributed by atoms with van der Waals surface area (Å²) in [5.74, 6) is 0.535. The molecule has 0 aliphatic carbocycles. The van der Waals surface area contributed by atoms with Crippen molar-refractivity contribution in [1.29, 1.82) is 0 Å². The Morgan fingerprint density at radius 1 is 1.25 bits per heavy atom. The van der Waals surface area contributed by atoms with Crippen molar-refractivity contribution >= 4 is 39.0 Å². The first-order valence-corrected chi connectivity index (χ1v) is 13.2. The number of piperidine rings is 1. The number of urea groups is 1. The third-order valence-electron chi connectivity index (χ3n) is 5.48. The Morgan fingerprint density at radius 2 is 1.97 bits per heavy atom. The second-order valence-corrected chi connectivity index (χ2v) is 11.7. The zero-order valence-corrected chi connectivity index (χ0v) is 21.3. The highest BCUT2D eigenvalue weighted by Crippen LogP contribution is 2.37. The number of rotatable bonds is 7. The van der Waals surface area contributed by atoms with Gasteiger partial charge in [0.1, 0.15) is 0 Å². The van der Waals surface area contributed by atoms with Crippen LogP contribution in [0.1, 0.15) is 62.1 Å². The monoisotopic (exact) mass is 482 g/mol. The molecular formula is C21H34N6O3S2. The van der Waals surface area contributed by atoms with Crippen molar-refractivity contribution in [1.82, 2.24) is 19.4 Å². The summed E-state index contributed by atoms with van der Waals surface area (Å²) in [5.41, 5.74) is 1.10. The molecule has 1 saturated heterocycles. The number of likely N-dealkylation sites (tertiary alicyclic amines) is 1. The van der Waals surface area contributed by atoms with E-state index in [1.807, 2.05) is 13.1 Å². The van der Waals surface area contributed by atoms with Crippen LogP contribution in [-0.4, -0.2) is 55.3 Å². The highest BCUT2D eigenvalue weighted by molar-refractivity contribution is 7.91. The molecule has 3 rings (SSSR count). The summed E-state index contributed by atoms with van der Waals surface area (Å²) in [6, 6.07) is 0.882. The zero-order chi connectivity index (χ0) is 23.6. The van der Waals surface area contributed by atoms with Crippen LogP contribution < -0.4 is 14.3 Å². The van der Waals surface area contributed by atoms with Gasteiger partial charge in [0, 0.05) is 29.5 Å². The van der Waals surface area contributed by atoms with Gasteiger partial charge in [0.25, 0.3) is 0 Å². The number of anilines is 2. The van der Waals surface area contributed by atoms with E-state index in [4.69, 9.17) is 0 Å². The van der Waals surface area contributed by atoms with E-state index in [2.05, 4.69) is 47.7 Å². The van der Waals surface area contributed by atoms with E-state index in [0.29, 0.717) is 30.3 Å². The number of aromatic nitrogens is 2. The fourth-order valence-corrected chi connectivity index (χ4v) is 6.39. The van der Waals surface area contributed by atoms with E-state index in [9.17, 15) is 13.2 Å². The zero-order valence-electron chi connectivity index (χ0n) is 19.6. The number of carbonyl (C=O) groups is 1. The number of nitrogens with one attached hydrogen (secondary N) is 2. The maximum atomic E-state index is 13.4. The Labute approximate surface area is 195 Å². The lowest BCUT2D eigenvalue weighted by atomic mass is 10.1. The van der Waals surface area contributed by atoms with Gasteiger partial charge in [0.2, 0.25) is 0 Å². The molecule has 1 aliphatic heterocycles. The summed E-state index contributed by atoms with van der Waals surface area (Å²) in [6.45, 7) is 9.80. The van der Waals surface area contributed by atoms with Gasteiger partial charge < -0.3 is 10.2 Å². The average molecular weight is 483 g/mol. The minimum atomic E-state index is -4.15. The van der Waals surface area contributed by atoms with Gasteiger partial charge in [-0.25, -0.2) is 13.8 Å². The van der Waals surface area contributed by atoms with Crippen LogP contribution in [0.5, 0.6) is 0 Å². The number of thiophene rings is 1. The number of hydrogen-bond acceptors (Lipinski definition) is 6. The molecule has 2 amide bonds. The molecule has 1 unspecified atom stereocenters. The van der Waals surface area contributed by atoms with Crippen LogP contribution in [0.4, 0.5) is 16.2 Å². The molecule has 1 atom stereocenters. The highest BCUT2D eigenvalue weighted by Gasteiger charge is 2.35. The van der Waals surface area contributed by atoms with Crippen molar-refractivity contribution in [2.75, 3.05) is 29.8 Å². The molecule has 11 heteroatoms. The van der Waals surface area contributed by atoms with E-state index >= 15 is 0 Å². The molecule has 1 fully saturated rings. The van der Waals surface area contributed by atoms with Crippen LogP contribution in [-0.2, 0) is 17.3 Å². The maximum absolute atomic E-state index is 13.4. The second kappa shape index (κ2) is 9.80. The number of amides is 2. The van der Waals surface area contributed by atoms with E-state index in [1.165, 1.54) is 10.5 Å². The molecule has 2 aromatic rings. The third kappa shape index (κ3) is 5.62. The van der Waals surface area contributed by atoms with Gasteiger partial charge in [0.15, 0.2) is 0 Å². The molecule has 3 heterocycles. The minimum Gasteiger partial charge on any atom is -0.306 e. The number of carbonyl (C=O) groups excluding carboxylic acids is 1. The van der Waals surface area contributed by atoms with Crippen LogP contribution >= 0.6 is 11.3 Å². The molecule has 0 aromatic carbocycles. The van der Waals surface area contributed by atoms with E-state index < -0.39 is 16.2 Å². The van der Waals surface area contributed by atoms with Gasteiger partial charge in [-0.05, 0) is 44.3 Å². The number of likely N-dealkylation sites (N-methyl/N-ethyl adjacent to an activating group) is 1. The number of hydrogen-bond donors (Lipinski definition) is 2. The Balaban J connectivity index is 1.84. The van der Waals surface area contributed by atoms with Crippen molar-refractivity contribution < 1.29 is 13.2 Å². The lowest BCUT2D eigenvalue weighted by molar-refractivity contribution is 0.251. The molecule has 178 valence electrons. The van der Waals surface area contributed by atoms with Gasteiger partial charge in [0.05, 0.1) is 23.6 Å². The summed E-state index contributed by atoms with van der Waals surface area (Å²) in [4.78, 5) is 17.1. The van der Waals surface area contributed by atoms with E-state index in [-0.39, 0.29) is 12.0 Å². The fraction of sp³-hybridized carbons (Fsp3) is 0.619. The molecule has 0 spiro atoms. The lowest BCUT2D eigenvalue weighted by Gasteiger charge is -2.37. The second-order valence-electron chi connectivity index (χ2n) is 9.02. The summed E-state index contributed by atoms with van der Waals surface area (Å²) in [7, 11) is -0.450. The first kappa shape index (κ1) is 24.5. The molecular weight excluding hydrogens is 448 g/mol. The Bertz CT molecular complexity index is 1040. The van der Waals surface area contributed by atoms with Gasteiger partial charge in [-0.1, -0.05) is 27.7 Å². The van der Waals surface area contributed by atoms with Crippen LogP contribution in [0, 0.1) is 0 Å². The fourth-order valence-electron chi connectivity index (χ4n) is 3.95. The lowest BCUT2D eigenvalue weighted by Crippen LogP contribution is -2.54. The molecule has 0 radical (unpaired) electrons. The van der Waals surface area contributed by atoms with Crippen molar-refractivity contribution in [2.24, 2.45) is 7.05 Å². The van der Waals surface area contributed by atoms with Crippen LogP contribution in [0.2, 0.25) is 0 Å². The van der Waals surface area contributed by atoms with Crippen molar-refractivity contribution in [3.05, 3.63) is 28.2 Å². The van der Waals surface area contributed by atoms with Gasteiger partial charge in [-0.15, -0.1) is 11.3 Å². The summed E-state index contributed by atoms with van der Waals surface area (Å²) < 4.78 is 31.8. The first-order chi connectivity index (χ1) is 15.0. The van der Waals surface area contributed by atoms with Crippen molar-refractivity contribution in [3.63, 3.8) is 0 Å². The number of nitrogens with zero attached hydrogens (tertiary/aromatic N) is 4. The smallest absolute Gasteiger partial charge is 0.306 e. The highest BCUT2D eigenvalue weighted by atomic mass is 32.2. The normalized spacial score (nSPS) is 17.7. The maximum Gasteiger partial charge on any atom is 0.334 e. The minimum absolute atomic E-state index is 0.212. The summed E-state index contributed by atoms with van der Waals surface area (Å²) in [5, 5.41) is 6.90. The molecule has 32 heavy (non-hydrogen) atoms. The summed E-state index contributed by atoms with van der Waals surface area (Å²) >= 11 is 1.65. The number of aryl methyl sites for hydroxylation is 1. The van der Waals surface area contributed by atoms with Gasteiger partial charge in [-0.3, -0.25) is 4.68 Å². The summed E-state index contributed by atoms with van der Waals surface area (Å²) in [6.07, 6.45) is 4.75. The van der Waals surface area contributed by atoms with Gasteiger partial charge >= 0.3 is 16.2 Å².